The number of anilines is 1. The van der Waals surface area contributed by atoms with Crippen LogP contribution in [0.1, 0.15) is 23.4 Å². The Labute approximate surface area is 129 Å². The van der Waals surface area contributed by atoms with Gasteiger partial charge in [0, 0.05) is 30.9 Å². The van der Waals surface area contributed by atoms with E-state index in [-0.39, 0.29) is 11.8 Å². The SMILES string of the molecule is Cc1nc(N(C)C(=O)C2CCN(S(C)(=O)=O)CC2)sc1C. The maximum absolute atomic E-state index is 12.5. The molecule has 1 aromatic rings. The molecular formula is C13H21N3O3S2. The molecule has 1 aliphatic rings. The molecule has 0 aromatic carbocycles. The van der Waals surface area contributed by atoms with Crippen LogP contribution in [0.3, 0.4) is 0 Å². The van der Waals surface area contributed by atoms with Crippen molar-refractivity contribution in [2.24, 2.45) is 5.92 Å². The van der Waals surface area contributed by atoms with Gasteiger partial charge in [-0.15, -0.1) is 11.3 Å². The summed E-state index contributed by atoms with van der Waals surface area (Å²) >= 11 is 1.51. The molecule has 8 heteroatoms. The van der Waals surface area contributed by atoms with E-state index in [0.717, 1.165) is 10.6 Å². The van der Waals surface area contributed by atoms with Gasteiger partial charge in [0.15, 0.2) is 5.13 Å². The Balaban J connectivity index is 2.02. The van der Waals surface area contributed by atoms with Crippen LogP contribution in [0.25, 0.3) is 0 Å². The fraction of sp³-hybridized carbons (Fsp3) is 0.692. The minimum Gasteiger partial charge on any atom is -0.291 e. The zero-order chi connectivity index (χ0) is 15.8. The van der Waals surface area contributed by atoms with Gasteiger partial charge in [-0.05, 0) is 26.7 Å². The number of carbonyl (C=O) groups is 1. The zero-order valence-electron chi connectivity index (χ0n) is 12.8. The highest BCUT2D eigenvalue weighted by molar-refractivity contribution is 7.88. The smallest absolute Gasteiger partial charge is 0.231 e. The normalized spacial score (nSPS) is 17.9. The van der Waals surface area contributed by atoms with Crippen molar-refractivity contribution in [2.45, 2.75) is 26.7 Å². The van der Waals surface area contributed by atoms with Crippen molar-refractivity contribution < 1.29 is 13.2 Å². The van der Waals surface area contributed by atoms with E-state index in [2.05, 4.69) is 4.98 Å². The van der Waals surface area contributed by atoms with Crippen molar-refractivity contribution in [3.05, 3.63) is 10.6 Å². The first kappa shape index (κ1) is 16.4. The monoisotopic (exact) mass is 331 g/mol. The molecule has 1 aliphatic heterocycles. The molecule has 1 aromatic heterocycles. The molecule has 0 spiro atoms. The summed E-state index contributed by atoms with van der Waals surface area (Å²) in [4.78, 5) is 19.6. The predicted molar refractivity (Wildman–Crippen MR) is 84.1 cm³/mol. The second-order valence-corrected chi connectivity index (χ2v) is 8.64. The Bertz CT molecular complexity index is 612. The van der Waals surface area contributed by atoms with Gasteiger partial charge in [0.25, 0.3) is 0 Å². The van der Waals surface area contributed by atoms with Crippen molar-refractivity contribution in [1.29, 1.82) is 0 Å². The van der Waals surface area contributed by atoms with E-state index in [1.807, 2.05) is 13.8 Å². The summed E-state index contributed by atoms with van der Waals surface area (Å²) in [6.45, 7) is 4.75. The number of hydrogen-bond donors (Lipinski definition) is 0. The van der Waals surface area contributed by atoms with Gasteiger partial charge < -0.3 is 0 Å². The van der Waals surface area contributed by atoms with Crippen molar-refractivity contribution in [3.63, 3.8) is 0 Å². The van der Waals surface area contributed by atoms with Gasteiger partial charge in [-0.25, -0.2) is 17.7 Å². The van der Waals surface area contributed by atoms with E-state index in [0.29, 0.717) is 31.1 Å². The Morgan fingerprint density at radius 1 is 1.33 bits per heavy atom. The van der Waals surface area contributed by atoms with Crippen LogP contribution in [0.4, 0.5) is 5.13 Å². The molecule has 6 nitrogen and oxygen atoms in total. The molecule has 1 amide bonds. The number of thiazole rings is 1. The highest BCUT2D eigenvalue weighted by atomic mass is 32.2. The van der Waals surface area contributed by atoms with Crippen LogP contribution in [-0.2, 0) is 14.8 Å². The summed E-state index contributed by atoms with van der Waals surface area (Å²) in [5.41, 5.74) is 0.946. The second-order valence-electron chi connectivity index (χ2n) is 5.47. The first-order valence-electron chi connectivity index (χ1n) is 6.87. The molecule has 0 unspecified atom stereocenters. The van der Waals surface area contributed by atoms with Crippen LogP contribution < -0.4 is 4.90 Å². The highest BCUT2D eigenvalue weighted by Crippen LogP contribution is 2.28. The van der Waals surface area contributed by atoms with Gasteiger partial charge in [0.2, 0.25) is 15.9 Å². The number of aromatic nitrogens is 1. The number of amides is 1. The topological polar surface area (TPSA) is 70.6 Å². The Morgan fingerprint density at radius 3 is 2.33 bits per heavy atom. The van der Waals surface area contributed by atoms with E-state index >= 15 is 0 Å². The average molecular weight is 331 g/mol. The lowest BCUT2D eigenvalue weighted by atomic mass is 9.97. The standard InChI is InChI=1S/C13H21N3O3S2/c1-9-10(2)20-13(14-9)15(3)12(17)11-5-7-16(8-6-11)21(4,18)19/h11H,5-8H2,1-4H3. The minimum absolute atomic E-state index is 0.0249. The first-order valence-corrected chi connectivity index (χ1v) is 9.53. The van der Waals surface area contributed by atoms with E-state index in [9.17, 15) is 13.2 Å². The molecule has 0 aliphatic carbocycles. The number of carbonyl (C=O) groups excluding carboxylic acids is 1. The van der Waals surface area contributed by atoms with Crippen LogP contribution in [0.15, 0.2) is 0 Å². The number of rotatable bonds is 3. The Kier molecular flexibility index (Phi) is 4.69. The van der Waals surface area contributed by atoms with Crippen molar-refractivity contribution in [1.82, 2.24) is 9.29 Å². The second kappa shape index (κ2) is 6.02. The molecule has 0 atom stereocenters. The van der Waals surface area contributed by atoms with Gasteiger partial charge in [0.05, 0.1) is 11.9 Å². The van der Waals surface area contributed by atoms with Crippen LogP contribution in [0, 0.1) is 19.8 Å². The van der Waals surface area contributed by atoms with Crippen LogP contribution in [-0.4, -0.2) is 50.0 Å². The van der Waals surface area contributed by atoms with E-state index in [4.69, 9.17) is 0 Å². The van der Waals surface area contributed by atoms with Crippen LogP contribution >= 0.6 is 11.3 Å². The zero-order valence-corrected chi connectivity index (χ0v) is 14.4. The number of aryl methyl sites for hydroxylation is 2. The summed E-state index contributed by atoms with van der Waals surface area (Å²) in [5.74, 6) is -0.102. The Morgan fingerprint density at radius 2 is 1.90 bits per heavy atom. The summed E-state index contributed by atoms with van der Waals surface area (Å²) in [7, 11) is -1.41. The summed E-state index contributed by atoms with van der Waals surface area (Å²) in [5, 5.41) is 0.709. The van der Waals surface area contributed by atoms with Crippen molar-refractivity contribution in [2.75, 3.05) is 31.3 Å². The van der Waals surface area contributed by atoms with Gasteiger partial charge in [-0.2, -0.15) is 0 Å². The molecule has 118 valence electrons. The van der Waals surface area contributed by atoms with Crippen molar-refractivity contribution >= 4 is 32.4 Å². The number of sulfonamides is 1. The third kappa shape index (κ3) is 3.61. The summed E-state index contributed by atoms with van der Waals surface area (Å²) in [6.07, 6.45) is 2.35. The van der Waals surface area contributed by atoms with Crippen LogP contribution in [0.5, 0.6) is 0 Å². The molecule has 21 heavy (non-hydrogen) atoms. The van der Waals surface area contributed by atoms with E-state index in [1.165, 1.54) is 21.9 Å². The quantitative estimate of drug-likeness (QED) is 0.839. The van der Waals surface area contributed by atoms with Gasteiger partial charge in [-0.1, -0.05) is 0 Å². The predicted octanol–water partition coefficient (Wildman–Crippen LogP) is 1.39. The third-order valence-electron chi connectivity index (χ3n) is 3.91. The lowest BCUT2D eigenvalue weighted by Gasteiger charge is -2.31. The van der Waals surface area contributed by atoms with Gasteiger partial charge in [-0.3, -0.25) is 9.69 Å². The number of nitrogens with zero attached hydrogens (tertiary/aromatic N) is 3. The molecule has 0 radical (unpaired) electrons. The third-order valence-corrected chi connectivity index (χ3v) is 6.36. The molecule has 1 saturated heterocycles. The average Bonchev–Trinajstić information content (AvgIpc) is 2.76. The van der Waals surface area contributed by atoms with E-state index < -0.39 is 10.0 Å². The maximum Gasteiger partial charge on any atom is 0.231 e. The first-order chi connectivity index (χ1) is 9.70. The highest BCUT2D eigenvalue weighted by Gasteiger charge is 2.31. The molecular weight excluding hydrogens is 310 g/mol. The Hall–Kier alpha value is -0.990. The summed E-state index contributed by atoms with van der Waals surface area (Å²) in [6, 6.07) is 0. The van der Waals surface area contributed by atoms with Gasteiger partial charge in [0.1, 0.15) is 0 Å². The number of hydrogen-bond acceptors (Lipinski definition) is 5. The molecule has 2 heterocycles. The fourth-order valence-electron chi connectivity index (χ4n) is 2.40. The van der Waals surface area contributed by atoms with Crippen LogP contribution in [0.2, 0.25) is 0 Å². The number of piperidine rings is 1. The fourth-order valence-corrected chi connectivity index (χ4v) is 4.15. The lowest BCUT2D eigenvalue weighted by molar-refractivity contribution is -0.123. The molecule has 2 rings (SSSR count). The minimum atomic E-state index is -3.15. The van der Waals surface area contributed by atoms with Crippen molar-refractivity contribution in [3.8, 4) is 0 Å². The largest absolute Gasteiger partial charge is 0.291 e. The van der Waals surface area contributed by atoms with Gasteiger partial charge >= 0.3 is 0 Å². The maximum atomic E-state index is 12.5. The molecule has 0 saturated carbocycles. The molecule has 0 bridgehead atoms. The molecule has 0 N–H and O–H groups in total. The van der Waals surface area contributed by atoms with E-state index in [1.54, 1.807) is 11.9 Å². The molecule has 1 fully saturated rings. The lowest BCUT2D eigenvalue weighted by Crippen LogP contribution is -2.43. The summed E-state index contributed by atoms with van der Waals surface area (Å²) < 4.78 is 24.4.